The third-order valence-corrected chi connectivity index (χ3v) is 8.52. The molecule has 5 aromatic rings. The van der Waals surface area contributed by atoms with E-state index < -0.39 is 29.8 Å². The second-order valence-corrected chi connectivity index (χ2v) is 14.6. The predicted molar refractivity (Wildman–Crippen MR) is 248 cm³/mol. The molecule has 15 nitrogen and oxygen atoms in total. The molecule has 0 bridgehead atoms. The van der Waals surface area contributed by atoms with Crippen LogP contribution in [0.1, 0.15) is 33.4 Å². The summed E-state index contributed by atoms with van der Waals surface area (Å²) in [7, 11) is 0. The topological polar surface area (TPSA) is 233 Å². The van der Waals surface area contributed by atoms with Gasteiger partial charge in [-0.25, -0.2) is 37.1 Å². The average Bonchev–Trinajstić information content (AvgIpc) is 3.29. The standard InChI is InChI=1S/C10H11ClO3.3C10H11FO3.C10H12O3/c11-9-3-1-2-8(6-9)4-5-14-7-10(12)13;11-9-3-1-8(2-4-9)5-6-14-7-10(12)13;11-9-3-1-2-8(6-9)4-5-14-7-10(12)13;11-9-4-2-1-3-8(9)5-6-14-7-10(12)13;1-8-2-4-9(5-3-8)6-13-7-10(11)12/h1-3,6H,4-5,7H2,(H,12,13);1-4H,5-7H2,(H,12,13);1-3,6H,4-5,7H2,(H,12,13);1-4H,5-7H2,(H,12,13);2-5H,6-7H2,1H3,(H,11,12). The number of carbonyl (C=O) groups is 5. The molecule has 0 unspecified atom stereocenters. The summed E-state index contributed by atoms with van der Waals surface area (Å²) >= 11 is 5.77. The zero-order valence-electron chi connectivity index (χ0n) is 37.8. The van der Waals surface area contributed by atoms with E-state index >= 15 is 0 Å². The average molecular weight is 989 g/mol. The van der Waals surface area contributed by atoms with E-state index in [4.69, 9.17) is 60.8 Å². The summed E-state index contributed by atoms with van der Waals surface area (Å²) in [5.74, 6) is -5.73. The van der Waals surface area contributed by atoms with Gasteiger partial charge in [0.15, 0.2) is 0 Å². The molecular formula is C50H56ClF3O15. The molecule has 0 aliphatic heterocycles. The number of ether oxygens (including phenoxy) is 5. The summed E-state index contributed by atoms with van der Waals surface area (Å²) in [6.07, 6.45) is 2.17. The second kappa shape index (κ2) is 37.3. The molecule has 0 saturated carbocycles. The summed E-state index contributed by atoms with van der Waals surface area (Å²) < 4.78 is 62.4. The molecular weight excluding hydrogens is 933 g/mol. The van der Waals surface area contributed by atoms with E-state index in [0.29, 0.717) is 56.1 Å². The van der Waals surface area contributed by atoms with Crippen molar-refractivity contribution >= 4 is 41.4 Å². The zero-order valence-corrected chi connectivity index (χ0v) is 38.5. The highest BCUT2D eigenvalue weighted by molar-refractivity contribution is 6.30. The number of carboxylic acids is 5. The molecule has 69 heavy (non-hydrogen) atoms. The van der Waals surface area contributed by atoms with Crippen LogP contribution >= 0.6 is 11.6 Å². The van der Waals surface area contributed by atoms with Gasteiger partial charge in [0.25, 0.3) is 0 Å². The second-order valence-electron chi connectivity index (χ2n) is 14.1. The Morgan fingerprint density at radius 1 is 0.435 bits per heavy atom. The SMILES string of the molecule is Cc1ccc(COCC(=O)O)cc1.O=C(O)COCCc1ccc(F)cc1.O=C(O)COCCc1cccc(Cl)c1.O=C(O)COCCc1cccc(F)c1.O=C(O)COCCc1ccccc1F. The molecule has 0 amide bonds. The van der Waals surface area contributed by atoms with Crippen LogP contribution in [0.3, 0.4) is 0 Å². The van der Waals surface area contributed by atoms with Gasteiger partial charge in [-0.2, -0.15) is 0 Å². The van der Waals surface area contributed by atoms with E-state index in [1.54, 1.807) is 48.5 Å². The Labute approximate surface area is 402 Å². The maximum Gasteiger partial charge on any atom is 0.329 e. The van der Waals surface area contributed by atoms with Gasteiger partial charge in [-0.05, 0) is 103 Å². The molecule has 19 heteroatoms. The van der Waals surface area contributed by atoms with Crippen molar-refractivity contribution in [3.05, 3.63) is 177 Å². The fraction of sp³-hybridized carbons (Fsp3) is 0.300. The van der Waals surface area contributed by atoms with Gasteiger partial charge < -0.3 is 49.2 Å². The summed E-state index contributed by atoms with van der Waals surface area (Å²) in [6, 6.07) is 33.8. The Bertz CT molecular complexity index is 2180. The van der Waals surface area contributed by atoms with Gasteiger partial charge in [0.05, 0.1) is 33.0 Å². The monoisotopic (exact) mass is 988 g/mol. The lowest BCUT2D eigenvalue weighted by Gasteiger charge is -2.02. The molecule has 374 valence electrons. The molecule has 0 heterocycles. The number of rotatable bonds is 24. The summed E-state index contributed by atoms with van der Waals surface area (Å²) in [5.41, 5.74) is 5.49. The van der Waals surface area contributed by atoms with Crippen molar-refractivity contribution < 1.29 is 86.4 Å². The molecule has 0 aliphatic carbocycles. The minimum absolute atomic E-state index is 0.216. The van der Waals surface area contributed by atoms with Gasteiger partial charge >= 0.3 is 29.8 Å². The van der Waals surface area contributed by atoms with Crippen LogP contribution in [0.2, 0.25) is 5.02 Å². The molecule has 5 aromatic carbocycles. The Morgan fingerprint density at radius 3 is 1.32 bits per heavy atom. The summed E-state index contributed by atoms with van der Waals surface area (Å²) in [6.45, 7) is 2.15. The highest BCUT2D eigenvalue weighted by Gasteiger charge is 2.03. The summed E-state index contributed by atoms with van der Waals surface area (Å²) in [4.78, 5) is 50.5. The van der Waals surface area contributed by atoms with E-state index in [0.717, 1.165) is 22.3 Å². The smallest absolute Gasteiger partial charge is 0.329 e. The van der Waals surface area contributed by atoms with E-state index in [9.17, 15) is 37.1 Å². The first-order valence-electron chi connectivity index (χ1n) is 20.9. The molecule has 0 aliphatic rings. The predicted octanol–water partition coefficient (Wildman–Crippen LogP) is 7.99. The molecule has 5 N–H and O–H groups in total. The Morgan fingerprint density at radius 2 is 0.855 bits per heavy atom. The normalized spacial score (nSPS) is 10.0. The number of hydrogen-bond acceptors (Lipinski definition) is 10. The minimum atomic E-state index is -1.02. The third-order valence-electron chi connectivity index (χ3n) is 8.29. The molecule has 0 saturated heterocycles. The lowest BCUT2D eigenvalue weighted by Crippen LogP contribution is -2.09. The number of halogens is 4. The number of hydrogen-bond donors (Lipinski definition) is 5. The van der Waals surface area contributed by atoms with Gasteiger partial charge in [0.1, 0.15) is 50.5 Å². The van der Waals surface area contributed by atoms with Crippen molar-refractivity contribution in [2.45, 2.75) is 39.2 Å². The van der Waals surface area contributed by atoms with Crippen molar-refractivity contribution in [3.8, 4) is 0 Å². The van der Waals surface area contributed by atoms with Crippen molar-refractivity contribution in [1.29, 1.82) is 0 Å². The molecule has 5 rings (SSSR count). The van der Waals surface area contributed by atoms with Crippen LogP contribution < -0.4 is 0 Å². The number of aliphatic carboxylic acids is 5. The third kappa shape index (κ3) is 35.2. The largest absolute Gasteiger partial charge is 0.480 e. The highest BCUT2D eigenvalue weighted by atomic mass is 35.5. The fourth-order valence-electron chi connectivity index (χ4n) is 5.07. The first-order chi connectivity index (χ1) is 32.9. The molecule has 0 fully saturated rings. The van der Waals surface area contributed by atoms with Crippen LogP contribution in [0, 0.1) is 24.4 Å². The first-order valence-corrected chi connectivity index (χ1v) is 21.3. The van der Waals surface area contributed by atoms with Crippen molar-refractivity contribution in [2.75, 3.05) is 59.5 Å². The van der Waals surface area contributed by atoms with Gasteiger partial charge in [-0.1, -0.05) is 96.0 Å². The Kier molecular flexibility index (Phi) is 32.6. The fourth-order valence-corrected chi connectivity index (χ4v) is 5.28. The Balaban J connectivity index is 0.000000431. The zero-order chi connectivity index (χ0) is 51.2. The maximum atomic E-state index is 13.0. The van der Waals surface area contributed by atoms with E-state index in [1.807, 2.05) is 49.4 Å². The molecule has 0 radical (unpaired) electrons. The van der Waals surface area contributed by atoms with Gasteiger partial charge in [0.2, 0.25) is 0 Å². The maximum absolute atomic E-state index is 13.0. The lowest BCUT2D eigenvalue weighted by atomic mass is 10.1. The van der Waals surface area contributed by atoms with Crippen LogP contribution in [-0.2, 0) is 79.9 Å². The summed E-state index contributed by atoms with van der Waals surface area (Å²) in [5, 5.41) is 42.1. The van der Waals surface area contributed by atoms with E-state index in [1.165, 1.54) is 35.9 Å². The van der Waals surface area contributed by atoms with Crippen LogP contribution in [0.25, 0.3) is 0 Å². The van der Waals surface area contributed by atoms with Crippen LogP contribution in [0.15, 0.2) is 121 Å². The Hall–Kier alpha value is -6.67. The van der Waals surface area contributed by atoms with Gasteiger partial charge in [-0.3, -0.25) is 0 Å². The van der Waals surface area contributed by atoms with Gasteiger partial charge in [0, 0.05) is 5.02 Å². The highest BCUT2D eigenvalue weighted by Crippen LogP contribution is 2.11. The lowest BCUT2D eigenvalue weighted by molar-refractivity contribution is -0.143. The first kappa shape index (κ1) is 60.3. The van der Waals surface area contributed by atoms with E-state index in [2.05, 4.69) is 0 Å². The number of carboxylic acid groups (broad SMARTS) is 5. The molecule has 0 spiro atoms. The minimum Gasteiger partial charge on any atom is -0.480 e. The van der Waals surface area contributed by atoms with Crippen molar-refractivity contribution in [1.82, 2.24) is 0 Å². The number of aryl methyl sites for hydroxylation is 1. The van der Waals surface area contributed by atoms with Crippen LogP contribution in [-0.4, -0.2) is 115 Å². The van der Waals surface area contributed by atoms with Crippen molar-refractivity contribution in [2.24, 2.45) is 0 Å². The van der Waals surface area contributed by atoms with Crippen LogP contribution in [0.4, 0.5) is 13.2 Å². The molecule has 0 aromatic heterocycles. The van der Waals surface area contributed by atoms with E-state index in [-0.39, 0.29) is 63.7 Å². The van der Waals surface area contributed by atoms with Crippen molar-refractivity contribution in [3.63, 3.8) is 0 Å². The molecule has 0 atom stereocenters. The number of benzene rings is 5. The van der Waals surface area contributed by atoms with Gasteiger partial charge in [-0.15, -0.1) is 0 Å². The van der Waals surface area contributed by atoms with Crippen LogP contribution in [0.5, 0.6) is 0 Å². The quantitative estimate of drug-likeness (QED) is 0.0369.